The van der Waals surface area contributed by atoms with Crippen molar-refractivity contribution in [1.29, 1.82) is 0 Å². The Kier molecular flexibility index (Phi) is 19.5. The first-order chi connectivity index (χ1) is 32.8. The van der Waals surface area contributed by atoms with E-state index in [1.54, 1.807) is 12.2 Å². The summed E-state index contributed by atoms with van der Waals surface area (Å²) < 4.78 is 48.0. The number of benzene rings is 6. The van der Waals surface area contributed by atoms with Crippen molar-refractivity contribution in [3.05, 3.63) is 194 Å². The maximum atomic E-state index is 6.70. The molecule has 6 rings (SSSR count). The zero-order valence-electron chi connectivity index (χ0n) is 38.9. The van der Waals surface area contributed by atoms with E-state index in [0.29, 0.717) is 77.6 Å². The first kappa shape index (κ1) is 49.6. The molecule has 1 unspecified atom stereocenters. The molecule has 0 radical (unpaired) electrons. The molecule has 0 amide bonds. The minimum Gasteiger partial charge on any atom is -0.491 e. The van der Waals surface area contributed by atoms with E-state index in [0.717, 1.165) is 67.1 Å². The van der Waals surface area contributed by atoms with Gasteiger partial charge in [-0.15, -0.1) is 19.6 Å². The Morgan fingerprint density at radius 3 is 1.40 bits per heavy atom. The van der Waals surface area contributed by atoms with Gasteiger partial charge in [0.1, 0.15) is 56.0 Å². The topological polar surface area (TPSA) is 73.8 Å². The Morgan fingerprint density at radius 2 is 0.925 bits per heavy atom. The van der Waals surface area contributed by atoms with E-state index < -0.39 is 5.41 Å². The molecule has 6 aromatic carbocycles. The molecule has 0 saturated heterocycles. The van der Waals surface area contributed by atoms with Gasteiger partial charge in [-0.05, 0) is 101 Å². The summed E-state index contributed by atoms with van der Waals surface area (Å²) in [6.07, 6.45) is 8.96. The highest BCUT2D eigenvalue weighted by Crippen LogP contribution is 2.49. The van der Waals surface area contributed by atoms with Gasteiger partial charge in [-0.25, -0.2) is 0 Å². The van der Waals surface area contributed by atoms with E-state index in [2.05, 4.69) is 136 Å². The third-order valence-electron chi connectivity index (χ3n) is 10.9. The largest absolute Gasteiger partial charge is 0.491 e. The zero-order valence-corrected chi connectivity index (χ0v) is 38.9. The smallest absolute Gasteiger partial charge is 0.123 e. The second kappa shape index (κ2) is 26.3. The molecule has 0 saturated carbocycles. The summed E-state index contributed by atoms with van der Waals surface area (Å²) in [6.45, 7) is 20.3. The van der Waals surface area contributed by atoms with Crippen LogP contribution in [0.25, 0.3) is 33.4 Å². The highest BCUT2D eigenvalue weighted by molar-refractivity contribution is 5.73. The molecular formula is C59H62O8. The molecule has 0 aromatic heterocycles. The van der Waals surface area contributed by atoms with Crippen molar-refractivity contribution in [2.75, 3.05) is 79.3 Å². The van der Waals surface area contributed by atoms with Crippen LogP contribution in [-0.2, 0) is 24.4 Å². The summed E-state index contributed by atoms with van der Waals surface area (Å²) in [5.74, 6) is 5.46. The Hall–Kier alpha value is -6.86. The van der Waals surface area contributed by atoms with Crippen molar-refractivity contribution < 1.29 is 37.9 Å². The summed E-state index contributed by atoms with van der Waals surface area (Å²) in [5, 5.41) is 0. The number of hydrogen-bond acceptors (Lipinski definition) is 8. The molecule has 0 aliphatic carbocycles. The Balaban J connectivity index is 1.48. The average molecular weight is 899 g/mol. The molecule has 6 aromatic rings. The standard InChI is InChI=1S/C59H62O8/c1-7-31-60-34-38-64-53-25-17-48(18-26-53)50-21-29-57(66-40-35-61-32-8-2)55(42-50)59(6,52-23-15-47(16-24-52)46-13-11-10-12-14-46)56-43-51(22-30-58(56)67-41-36-62-33-9-3)49-19-27-54(28-20-49)65-39-37-63-44-45(4)5/h3,7-8,10-30,42-43H,1-2,4,31-41,44H2,5-6H3. The van der Waals surface area contributed by atoms with Crippen molar-refractivity contribution in [3.8, 4) is 68.7 Å². The van der Waals surface area contributed by atoms with Crippen molar-refractivity contribution in [2.45, 2.75) is 19.3 Å². The van der Waals surface area contributed by atoms with E-state index in [-0.39, 0.29) is 13.2 Å². The quantitative estimate of drug-likeness (QED) is 0.0199. The van der Waals surface area contributed by atoms with Crippen molar-refractivity contribution in [2.24, 2.45) is 0 Å². The molecule has 0 spiro atoms. The molecule has 0 N–H and O–H groups in total. The van der Waals surface area contributed by atoms with Gasteiger partial charge in [0, 0.05) is 16.5 Å². The minimum atomic E-state index is -0.866. The van der Waals surface area contributed by atoms with Gasteiger partial charge in [0.2, 0.25) is 0 Å². The average Bonchev–Trinajstić information content (AvgIpc) is 3.36. The van der Waals surface area contributed by atoms with Crippen LogP contribution in [0.3, 0.4) is 0 Å². The molecule has 0 fully saturated rings. The molecular weight excluding hydrogens is 837 g/mol. The SMILES string of the molecule is C#CCOCCOc1ccc(-c2ccc(OCCOCC(=C)C)cc2)cc1C(C)(c1ccc(-c2ccccc2)cc1)c1cc(-c2ccc(OCCOCC=C)cc2)ccc1OCCOCC=C. The predicted molar refractivity (Wildman–Crippen MR) is 270 cm³/mol. The van der Waals surface area contributed by atoms with E-state index in [4.69, 9.17) is 44.3 Å². The van der Waals surface area contributed by atoms with Gasteiger partial charge >= 0.3 is 0 Å². The summed E-state index contributed by atoms with van der Waals surface area (Å²) in [7, 11) is 0. The minimum absolute atomic E-state index is 0.198. The summed E-state index contributed by atoms with van der Waals surface area (Å²) in [4.78, 5) is 0. The van der Waals surface area contributed by atoms with Crippen LogP contribution in [0.5, 0.6) is 23.0 Å². The van der Waals surface area contributed by atoms with Crippen LogP contribution in [0, 0.1) is 12.3 Å². The van der Waals surface area contributed by atoms with Crippen LogP contribution in [0.2, 0.25) is 0 Å². The number of hydrogen-bond donors (Lipinski definition) is 0. The number of rotatable bonds is 29. The monoisotopic (exact) mass is 898 g/mol. The van der Waals surface area contributed by atoms with Crippen LogP contribution in [-0.4, -0.2) is 79.3 Å². The maximum absolute atomic E-state index is 6.70. The highest BCUT2D eigenvalue weighted by atomic mass is 16.5. The molecule has 0 heterocycles. The zero-order chi connectivity index (χ0) is 47.1. The molecule has 67 heavy (non-hydrogen) atoms. The Morgan fingerprint density at radius 1 is 0.507 bits per heavy atom. The summed E-state index contributed by atoms with van der Waals surface area (Å²) in [6, 6.07) is 48.1. The molecule has 1 atom stereocenters. The lowest BCUT2D eigenvalue weighted by atomic mass is 9.69. The second-order valence-corrected chi connectivity index (χ2v) is 15.9. The van der Waals surface area contributed by atoms with Crippen molar-refractivity contribution in [1.82, 2.24) is 0 Å². The Bertz CT molecular complexity index is 2510. The van der Waals surface area contributed by atoms with Gasteiger partial charge in [-0.1, -0.05) is 121 Å². The third kappa shape index (κ3) is 14.3. The lowest BCUT2D eigenvalue weighted by molar-refractivity contribution is 0.117. The predicted octanol–water partition coefficient (Wildman–Crippen LogP) is 12.2. The number of terminal acetylenes is 1. The van der Waals surface area contributed by atoms with Gasteiger partial charge in [0.15, 0.2) is 0 Å². The lowest BCUT2D eigenvalue weighted by Crippen LogP contribution is -2.28. The fourth-order valence-corrected chi connectivity index (χ4v) is 7.59. The number of ether oxygens (including phenoxy) is 8. The van der Waals surface area contributed by atoms with Crippen LogP contribution in [0.1, 0.15) is 30.5 Å². The van der Waals surface area contributed by atoms with E-state index in [1.165, 1.54) is 0 Å². The lowest BCUT2D eigenvalue weighted by Gasteiger charge is -2.35. The fourth-order valence-electron chi connectivity index (χ4n) is 7.59. The molecule has 0 bridgehead atoms. The molecule has 346 valence electrons. The maximum Gasteiger partial charge on any atom is 0.123 e. The van der Waals surface area contributed by atoms with Crippen LogP contribution >= 0.6 is 0 Å². The van der Waals surface area contributed by atoms with E-state index in [1.807, 2.05) is 43.3 Å². The highest BCUT2D eigenvalue weighted by Gasteiger charge is 2.37. The molecule has 8 heteroatoms. The van der Waals surface area contributed by atoms with Crippen molar-refractivity contribution in [3.63, 3.8) is 0 Å². The van der Waals surface area contributed by atoms with Crippen LogP contribution in [0.4, 0.5) is 0 Å². The normalized spacial score (nSPS) is 11.8. The summed E-state index contributed by atoms with van der Waals surface area (Å²) in [5.41, 5.74) is 9.25. The second-order valence-electron chi connectivity index (χ2n) is 15.9. The van der Waals surface area contributed by atoms with Gasteiger partial charge in [-0.3, -0.25) is 0 Å². The summed E-state index contributed by atoms with van der Waals surface area (Å²) >= 11 is 0. The first-order valence-corrected chi connectivity index (χ1v) is 22.6. The molecule has 8 nitrogen and oxygen atoms in total. The Labute approximate surface area is 397 Å². The van der Waals surface area contributed by atoms with E-state index >= 15 is 0 Å². The van der Waals surface area contributed by atoms with Crippen LogP contribution in [0.15, 0.2) is 177 Å². The third-order valence-corrected chi connectivity index (χ3v) is 10.9. The van der Waals surface area contributed by atoms with Gasteiger partial charge in [-0.2, -0.15) is 0 Å². The molecule has 0 aliphatic heterocycles. The van der Waals surface area contributed by atoms with E-state index in [9.17, 15) is 0 Å². The fraction of sp³-hybridized carbons (Fsp3) is 0.254. The van der Waals surface area contributed by atoms with Gasteiger partial charge < -0.3 is 37.9 Å². The first-order valence-electron chi connectivity index (χ1n) is 22.6. The van der Waals surface area contributed by atoms with Crippen LogP contribution < -0.4 is 18.9 Å². The van der Waals surface area contributed by atoms with Crippen molar-refractivity contribution >= 4 is 0 Å². The van der Waals surface area contributed by atoms with Gasteiger partial charge in [0.05, 0.1) is 46.2 Å². The molecule has 0 aliphatic rings. The van der Waals surface area contributed by atoms with Gasteiger partial charge in [0.25, 0.3) is 0 Å².